The fraction of sp³-hybridized carbons (Fsp3) is 0.273. The highest BCUT2D eigenvalue weighted by molar-refractivity contribution is 6.11. The zero-order chi connectivity index (χ0) is 20.3. The number of ether oxygens (including phenoxy) is 1. The molecule has 1 amide bonds. The lowest BCUT2D eigenvalue weighted by molar-refractivity contribution is 0.0366. The molecule has 0 atom stereocenters. The Hall–Kier alpha value is -3.36. The Morgan fingerprint density at radius 1 is 1.07 bits per heavy atom. The molecule has 1 N–H and O–H groups in total. The van der Waals surface area contributed by atoms with Crippen molar-refractivity contribution in [2.45, 2.75) is 6.54 Å². The molecule has 0 saturated carbocycles. The number of imidazole rings is 1. The number of hydrogen-bond acceptors (Lipinski definition) is 6. The predicted octanol–water partition coefficient (Wildman–Crippen LogP) is 2.56. The van der Waals surface area contributed by atoms with E-state index in [0.29, 0.717) is 17.0 Å². The smallest absolute Gasteiger partial charge is 0.261 e. The predicted molar refractivity (Wildman–Crippen MR) is 114 cm³/mol. The van der Waals surface area contributed by atoms with E-state index in [1.807, 2.05) is 36.4 Å². The number of anilines is 1. The van der Waals surface area contributed by atoms with Gasteiger partial charge in [0.05, 0.1) is 35.3 Å². The Bertz CT molecular complexity index is 1190. The number of rotatable bonds is 5. The molecule has 30 heavy (non-hydrogen) atoms. The Kier molecular flexibility index (Phi) is 5.08. The lowest BCUT2D eigenvalue weighted by Crippen LogP contribution is -2.38. The average Bonchev–Trinajstić information content (AvgIpc) is 3.14. The second-order valence-electron chi connectivity index (χ2n) is 7.25. The Morgan fingerprint density at radius 2 is 1.93 bits per heavy atom. The zero-order valence-electron chi connectivity index (χ0n) is 16.5. The summed E-state index contributed by atoms with van der Waals surface area (Å²) in [6.45, 7) is 4.94. The van der Waals surface area contributed by atoms with Crippen LogP contribution in [0.15, 0.2) is 55.0 Å². The number of pyridine rings is 2. The summed E-state index contributed by atoms with van der Waals surface area (Å²) >= 11 is 0. The molecule has 8 nitrogen and oxygen atoms in total. The molecule has 4 aromatic rings. The zero-order valence-corrected chi connectivity index (χ0v) is 16.5. The summed E-state index contributed by atoms with van der Waals surface area (Å²) in [6.07, 6.45) is 4.93. The van der Waals surface area contributed by atoms with Gasteiger partial charge in [0.1, 0.15) is 0 Å². The van der Waals surface area contributed by atoms with E-state index < -0.39 is 0 Å². The molecule has 3 aromatic heterocycles. The van der Waals surface area contributed by atoms with Crippen LogP contribution in [0.1, 0.15) is 10.4 Å². The number of morpholine rings is 1. The van der Waals surface area contributed by atoms with Crippen LogP contribution < -0.4 is 5.32 Å². The number of hydrogen-bond donors (Lipinski definition) is 1. The number of nitrogens with zero attached hydrogens (tertiary/aromatic N) is 5. The fourth-order valence-electron chi connectivity index (χ4n) is 3.80. The van der Waals surface area contributed by atoms with Crippen LogP contribution in [0.3, 0.4) is 0 Å². The molecule has 1 aliphatic rings. The van der Waals surface area contributed by atoms with Crippen molar-refractivity contribution in [1.82, 2.24) is 24.4 Å². The summed E-state index contributed by atoms with van der Waals surface area (Å²) in [5, 5.41) is 3.81. The van der Waals surface area contributed by atoms with Crippen LogP contribution in [-0.2, 0) is 11.3 Å². The quantitative estimate of drug-likeness (QED) is 0.552. The molecule has 4 heterocycles. The average molecular weight is 402 g/mol. The van der Waals surface area contributed by atoms with E-state index in [0.717, 1.165) is 55.8 Å². The number of para-hydroxylation sites is 2. The normalized spacial score (nSPS) is 14.9. The van der Waals surface area contributed by atoms with Gasteiger partial charge in [-0.3, -0.25) is 25.0 Å². The highest BCUT2D eigenvalue weighted by atomic mass is 16.5. The molecule has 1 aromatic carbocycles. The summed E-state index contributed by atoms with van der Waals surface area (Å²) in [6, 6.07) is 11.6. The van der Waals surface area contributed by atoms with Crippen LogP contribution in [-0.4, -0.2) is 63.2 Å². The van der Waals surface area contributed by atoms with E-state index in [-0.39, 0.29) is 5.91 Å². The molecular formula is C22H22N6O2. The Balaban J connectivity index is 1.45. The van der Waals surface area contributed by atoms with E-state index in [1.165, 1.54) is 0 Å². The van der Waals surface area contributed by atoms with Crippen molar-refractivity contribution in [3.63, 3.8) is 0 Å². The third-order valence-corrected chi connectivity index (χ3v) is 5.38. The van der Waals surface area contributed by atoms with Crippen molar-refractivity contribution in [2.24, 2.45) is 0 Å². The molecule has 5 rings (SSSR count). The van der Waals surface area contributed by atoms with Gasteiger partial charge in [0, 0.05) is 50.2 Å². The lowest BCUT2D eigenvalue weighted by Gasteiger charge is -2.26. The van der Waals surface area contributed by atoms with Gasteiger partial charge in [-0.05, 0) is 24.3 Å². The van der Waals surface area contributed by atoms with Gasteiger partial charge >= 0.3 is 0 Å². The van der Waals surface area contributed by atoms with E-state index in [1.54, 1.807) is 18.6 Å². The monoisotopic (exact) mass is 402 g/mol. The van der Waals surface area contributed by atoms with Gasteiger partial charge in [-0.25, -0.2) is 4.98 Å². The lowest BCUT2D eigenvalue weighted by atomic mass is 10.2. The van der Waals surface area contributed by atoms with E-state index >= 15 is 0 Å². The molecule has 1 saturated heterocycles. The van der Waals surface area contributed by atoms with Crippen LogP contribution in [0.4, 0.5) is 5.95 Å². The summed E-state index contributed by atoms with van der Waals surface area (Å²) < 4.78 is 7.50. The number of fused-ring (bicyclic) bond motifs is 2. The highest BCUT2D eigenvalue weighted by Crippen LogP contribution is 2.21. The largest absolute Gasteiger partial charge is 0.379 e. The molecule has 152 valence electrons. The number of nitrogens with one attached hydrogen (secondary N) is 1. The minimum absolute atomic E-state index is 0.269. The van der Waals surface area contributed by atoms with Crippen LogP contribution in [0.5, 0.6) is 0 Å². The first-order chi connectivity index (χ1) is 14.8. The van der Waals surface area contributed by atoms with E-state index in [4.69, 9.17) is 4.74 Å². The molecule has 0 radical (unpaired) electrons. The number of aromatic nitrogens is 4. The maximum Gasteiger partial charge on any atom is 0.261 e. The number of amides is 1. The molecular weight excluding hydrogens is 380 g/mol. The molecule has 0 aliphatic carbocycles. The third-order valence-electron chi connectivity index (χ3n) is 5.38. The molecule has 0 unspecified atom stereocenters. The van der Waals surface area contributed by atoms with Crippen molar-refractivity contribution < 1.29 is 9.53 Å². The second kappa shape index (κ2) is 8.17. The Labute approximate surface area is 173 Å². The minimum atomic E-state index is -0.269. The molecule has 8 heteroatoms. The van der Waals surface area contributed by atoms with Crippen LogP contribution in [0.25, 0.3) is 21.9 Å². The van der Waals surface area contributed by atoms with E-state index in [2.05, 4.69) is 29.7 Å². The topological polar surface area (TPSA) is 85.2 Å². The summed E-state index contributed by atoms with van der Waals surface area (Å²) in [7, 11) is 0. The fourth-order valence-corrected chi connectivity index (χ4v) is 3.80. The van der Waals surface area contributed by atoms with Crippen LogP contribution in [0, 0.1) is 0 Å². The van der Waals surface area contributed by atoms with Gasteiger partial charge in [0.25, 0.3) is 5.91 Å². The van der Waals surface area contributed by atoms with Gasteiger partial charge in [-0.1, -0.05) is 12.1 Å². The van der Waals surface area contributed by atoms with Crippen molar-refractivity contribution in [1.29, 1.82) is 0 Å². The first-order valence-corrected chi connectivity index (χ1v) is 10.0. The molecule has 1 aliphatic heterocycles. The molecule has 0 bridgehead atoms. The van der Waals surface area contributed by atoms with Gasteiger partial charge in [0.15, 0.2) is 0 Å². The first kappa shape index (κ1) is 18.7. The SMILES string of the molecule is O=C(Nc1nc2ccccc2n1CCN1CCOCC1)c1cncc2cccnc12. The summed E-state index contributed by atoms with van der Waals surface area (Å²) in [5.74, 6) is 0.261. The van der Waals surface area contributed by atoms with Crippen molar-refractivity contribution >= 4 is 33.8 Å². The van der Waals surface area contributed by atoms with Gasteiger partial charge in [0.2, 0.25) is 5.95 Å². The number of carbonyl (C=O) groups is 1. The third kappa shape index (κ3) is 3.62. The number of carbonyl (C=O) groups excluding carboxylic acids is 1. The Morgan fingerprint density at radius 3 is 2.83 bits per heavy atom. The van der Waals surface area contributed by atoms with Crippen LogP contribution >= 0.6 is 0 Å². The summed E-state index contributed by atoms with van der Waals surface area (Å²) in [5.41, 5.74) is 2.90. The maximum absolute atomic E-state index is 13.1. The van der Waals surface area contributed by atoms with E-state index in [9.17, 15) is 4.79 Å². The molecule has 0 spiro atoms. The van der Waals surface area contributed by atoms with Crippen molar-refractivity contribution in [3.05, 3.63) is 60.6 Å². The minimum Gasteiger partial charge on any atom is -0.379 e. The van der Waals surface area contributed by atoms with Crippen LogP contribution in [0.2, 0.25) is 0 Å². The summed E-state index contributed by atoms with van der Waals surface area (Å²) in [4.78, 5) is 28.7. The van der Waals surface area contributed by atoms with Crippen molar-refractivity contribution in [2.75, 3.05) is 38.2 Å². The van der Waals surface area contributed by atoms with Gasteiger partial charge in [-0.2, -0.15) is 0 Å². The second-order valence-corrected chi connectivity index (χ2v) is 7.25. The first-order valence-electron chi connectivity index (χ1n) is 10.0. The van der Waals surface area contributed by atoms with Gasteiger partial charge < -0.3 is 9.30 Å². The van der Waals surface area contributed by atoms with Gasteiger partial charge in [-0.15, -0.1) is 0 Å². The van der Waals surface area contributed by atoms with Crippen molar-refractivity contribution in [3.8, 4) is 0 Å². The maximum atomic E-state index is 13.1. The highest BCUT2D eigenvalue weighted by Gasteiger charge is 2.18. The number of benzene rings is 1. The molecule has 1 fully saturated rings. The standard InChI is InChI=1S/C22H22N6O2/c29-21(17-15-23-14-16-4-3-7-24-20(16)17)26-22-25-18-5-1-2-6-19(18)28(22)9-8-27-10-12-30-13-11-27/h1-7,14-15H,8-13H2,(H,25,26,29).